The third kappa shape index (κ3) is 5.40. The highest BCUT2D eigenvalue weighted by atomic mass is 28.3. The molecular weight excluding hydrogens is 458 g/mol. The van der Waals surface area contributed by atoms with Crippen LogP contribution in [0.25, 0.3) is 0 Å². The van der Waals surface area contributed by atoms with Crippen molar-refractivity contribution in [2.24, 2.45) is 0 Å². The Kier molecular flexibility index (Phi) is 8.27. The Morgan fingerprint density at radius 2 is 1.36 bits per heavy atom. The molecule has 4 rings (SSSR count). The van der Waals surface area contributed by atoms with Gasteiger partial charge in [0.05, 0.1) is 0 Å². The Hall–Kier alpha value is -2.95. The molecule has 0 saturated carbocycles. The van der Waals surface area contributed by atoms with E-state index < -0.39 is 14.2 Å². The van der Waals surface area contributed by atoms with Crippen LogP contribution in [0.4, 0.5) is 5.69 Å². The Labute approximate surface area is 217 Å². The first-order valence-corrected chi connectivity index (χ1v) is 15.2. The minimum Gasteiger partial charge on any atom is -0.355 e. The van der Waals surface area contributed by atoms with E-state index in [9.17, 15) is 4.79 Å². The van der Waals surface area contributed by atoms with Gasteiger partial charge in [-0.25, -0.2) is 0 Å². The van der Waals surface area contributed by atoms with Gasteiger partial charge in [-0.3, -0.25) is 4.79 Å². The summed E-state index contributed by atoms with van der Waals surface area (Å²) in [4.78, 5) is 13.3. The number of hydrogen-bond acceptors (Lipinski definition) is 2. The largest absolute Gasteiger partial charge is 0.355 e. The molecule has 0 unspecified atom stereocenters. The van der Waals surface area contributed by atoms with Gasteiger partial charge in [-0.05, 0) is 45.6 Å². The molecule has 0 radical (unpaired) electrons. The summed E-state index contributed by atoms with van der Waals surface area (Å²) in [5.41, 5.74) is 0.802. The highest BCUT2D eigenvalue weighted by Crippen LogP contribution is 2.46. The third-order valence-electron chi connectivity index (χ3n) is 7.24. The Balaban J connectivity index is 1.81. The number of allylic oxidation sites excluding steroid dienone is 1. The first-order chi connectivity index (χ1) is 17.4. The van der Waals surface area contributed by atoms with E-state index in [0.717, 1.165) is 18.5 Å². The lowest BCUT2D eigenvalue weighted by atomic mass is 10.1. The molecule has 1 aliphatic rings. The molecule has 0 spiro atoms. The van der Waals surface area contributed by atoms with Gasteiger partial charge >= 0.3 is 0 Å². The van der Waals surface area contributed by atoms with E-state index in [0.29, 0.717) is 0 Å². The van der Waals surface area contributed by atoms with Crippen molar-refractivity contribution < 1.29 is 9.53 Å². The summed E-state index contributed by atoms with van der Waals surface area (Å²) >= 11 is 0. The fourth-order valence-electron chi connectivity index (χ4n) is 5.59. The lowest BCUT2D eigenvalue weighted by Crippen LogP contribution is -2.67. The summed E-state index contributed by atoms with van der Waals surface area (Å²) in [6.45, 7) is 9.32. The summed E-state index contributed by atoms with van der Waals surface area (Å²) < 4.78 is 6.27. The first-order valence-electron chi connectivity index (χ1n) is 13.2. The quantitative estimate of drug-likeness (QED) is 0.197. The number of carbonyl (C=O) groups is 1. The Morgan fingerprint density at radius 3 is 1.86 bits per heavy atom. The van der Waals surface area contributed by atoms with Crippen molar-refractivity contribution in [3.05, 3.63) is 102 Å². The molecule has 3 aromatic rings. The van der Waals surface area contributed by atoms with Crippen molar-refractivity contribution in [3.8, 4) is 0 Å². The Bertz CT molecular complexity index is 1110. The molecule has 0 aliphatic carbocycles. The summed E-state index contributed by atoms with van der Waals surface area (Å²) in [6.07, 6.45) is 6.30. The van der Waals surface area contributed by atoms with Crippen LogP contribution in [-0.4, -0.2) is 26.2 Å². The summed E-state index contributed by atoms with van der Waals surface area (Å²) in [6, 6.07) is 31.5. The number of para-hydroxylation sites is 1. The number of epoxide rings is 1. The summed E-state index contributed by atoms with van der Waals surface area (Å²) in [5.74, 6) is -0.0661. The molecule has 3 nitrogen and oxygen atoms in total. The van der Waals surface area contributed by atoms with E-state index in [1.54, 1.807) is 0 Å². The number of nitrogens with one attached hydrogen (secondary N) is 1. The second kappa shape index (κ2) is 11.4. The highest BCUT2D eigenvalue weighted by Gasteiger charge is 2.59. The van der Waals surface area contributed by atoms with Crippen molar-refractivity contribution in [2.45, 2.75) is 70.6 Å². The second-order valence-electron chi connectivity index (χ2n) is 10.7. The molecule has 1 aliphatic heterocycles. The maximum absolute atomic E-state index is 13.3. The van der Waals surface area contributed by atoms with E-state index in [4.69, 9.17) is 4.74 Å². The van der Waals surface area contributed by atoms with Gasteiger partial charge in [0.25, 0.3) is 5.91 Å². The van der Waals surface area contributed by atoms with Gasteiger partial charge in [0.2, 0.25) is 0 Å². The van der Waals surface area contributed by atoms with Crippen LogP contribution >= 0.6 is 0 Å². The van der Waals surface area contributed by atoms with E-state index in [-0.39, 0.29) is 17.0 Å². The van der Waals surface area contributed by atoms with Gasteiger partial charge in [-0.1, -0.05) is 125 Å². The lowest BCUT2D eigenvalue weighted by molar-refractivity contribution is -0.117. The molecule has 2 atom stereocenters. The normalized spacial score (nSPS) is 18.1. The van der Waals surface area contributed by atoms with E-state index >= 15 is 0 Å². The maximum atomic E-state index is 13.3. The third-order valence-corrected chi connectivity index (χ3v) is 13.2. The molecule has 4 heteroatoms. The number of unbranched alkanes of at least 4 members (excludes halogenated alkanes) is 3. The fourth-order valence-corrected chi connectivity index (χ4v) is 11.7. The summed E-state index contributed by atoms with van der Waals surface area (Å²) in [5, 5.41) is 7.07. The van der Waals surface area contributed by atoms with Crippen LogP contribution in [0.2, 0.25) is 5.04 Å². The van der Waals surface area contributed by atoms with Crippen LogP contribution in [-0.2, 0) is 9.53 Å². The molecule has 3 aromatic carbocycles. The number of carbonyl (C=O) groups excluding carboxylic acids is 1. The zero-order valence-corrected chi connectivity index (χ0v) is 23.0. The average Bonchev–Trinajstić information content (AvgIpc) is 3.68. The molecule has 36 heavy (non-hydrogen) atoms. The van der Waals surface area contributed by atoms with Gasteiger partial charge in [0.1, 0.15) is 6.10 Å². The number of amides is 1. The van der Waals surface area contributed by atoms with Crippen molar-refractivity contribution >= 4 is 30.0 Å². The van der Waals surface area contributed by atoms with Crippen molar-refractivity contribution in [1.82, 2.24) is 0 Å². The number of anilines is 1. The number of benzene rings is 3. The molecule has 0 aromatic heterocycles. The standard InChI is InChI=1S/C32H39NO2Si/c1-5-6-7-17-24-28(29-30(35-29)31(34)33-25-18-11-8-12-19-25)36(32(2,3)4,26-20-13-9-14-21-26)27-22-15-10-16-23-27/h8-16,18-24,29-30H,5-7,17H2,1-4H3,(H,33,34)/b28-24+/t29-,30+/m1/s1. The number of rotatable bonds is 10. The molecule has 1 fully saturated rings. The van der Waals surface area contributed by atoms with Gasteiger partial charge in [-0.2, -0.15) is 0 Å². The van der Waals surface area contributed by atoms with Gasteiger partial charge in [-0.15, -0.1) is 0 Å². The molecule has 1 amide bonds. The maximum Gasteiger partial charge on any atom is 0.256 e. The van der Waals surface area contributed by atoms with Crippen LogP contribution < -0.4 is 15.7 Å². The smallest absolute Gasteiger partial charge is 0.256 e. The topological polar surface area (TPSA) is 41.6 Å². The van der Waals surface area contributed by atoms with Gasteiger partial charge in [0.15, 0.2) is 14.2 Å². The molecule has 1 heterocycles. The van der Waals surface area contributed by atoms with Crippen LogP contribution in [0.1, 0.15) is 53.4 Å². The van der Waals surface area contributed by atoms with Crippen molar-refractivity contribution in [2.75, 3.05) is 5.32 Å². The van der Waals surface area contributed by atoms with Gasteiger partial charge < -0.3 is 10.1 Å². The van der Waals surface area contributed by atoms with Crippen LogP contribution in [0.3, 0.4) is 0 Å². The van der Waals surface area contributed by atoms with E-state index in [2.05, 4.69) is 99.8 Å². The molecule has 188 valence electrons. The van der Waals surface area contributed by atoms with Crippen molar-refractivity contribution in [3.63, 3.8) is 0 Å². The van der Waals surface area contributed by atoms with E-state index in [1.165, 1.54) is 28.4 Å². The monoisotopic (exact) mass is 497 g/mol. The van der Waals surface area contributed by atoms with Crippen LogP contribution in [0.5, 0.6) is 0 Å². The van der Waals surface area contributed by atoms with Gasteiger partial charge in [0, 0.05) is 5.69 Å². The average molecular weight is 498 g/mol. The minimum absolute atomic E-state index is 0.0430. The highest BCUT2D eigenvalue weighted by molar-refractivity contribution is 7.09. The SMILES string of the molecule is CCCCC/C=C(\[C@H]1O[C@@H]1C(=O)Nc1ccccc1)[Si](c1ccccc1)(c1ccccc1)C(C)(C)C. The van der Waals surface area contributed by atoms with Crippen LogP contribution in [0, 0.1) is 0 Å². The molecule has 1 N–H and O–H groups in total. The molecule has 1 saturated heterocycles. The molecule has 0 bridgehead atoms. The predicted molar refractivity (Wildman–Crippen MR) is 154 cm³/mol. The van der Waals surface area contributed by atoms with Crippen LogP contribution in [0.15, 0.2) is 102 Å². The second-order valence-corrected chi connectivity index (χ2v) is 15.5. The number of hydrogen-bond donors (Lipinski definition) is 1. The van der Waals surface area contributed by atoms with Crippen molar-refractivity contribution in [1.29, 1.82) is 0 Å². The first kappa shape index (κ1) is 26.1. The molecular formula is C32H39NO2Si. The Morgan fingerprint density at radius 1 is 0.833 bits per heavy atom. The predicted octanol–water partition coefficient (Wildman–Crippen LogP) is 6.50. The lowest BCUT2D eigenvalue weighted by Gasteiger charge is -2.46. The zero-order valence-electron chi connectivity index (χ0n) is 22.0. The number of ether oxygens (including phenoxy) is 1. The summed E-state index contributed by atoms with van der Waals surface area (Å²) in [7, 11) is -2.56. The zero-order chi connectivity index (χ0) is 25.6. The minimum atomic E-state index is -2.56. The van der Waals surface area contributed by atoms with E-state index in [1.807, 2.05) is 30.3 Å². The fraction of sp³-hybridized carbons (Fsp3) is 0.344.